The fourth-order valence-electron chi connectivity index (χ4n) is 4.88. The van der Waals surface area contributed by atoms with Crippen molar-refractivity contribution >= 4 is 11.6 Å². The molecule has 2 aromatic carbocycles. The summed E-state index contributed by atoms with van der Waals surface area (Å²) in [5, 5.41) is 13.4. The third kappa shape index (κ3) is 3.08. The van der Waals surface area contributed by atoms with Crippen LogP contribution in [0.1, 0.15) is 37.3 Å². The highest BCUT2D eigenvalue weighted by atomic mass is 19.1. The zero-order valence-corrected chi connectivity index (χ0v) is 15.8. The molecule has 2 aromatic rings. The van der Waals surface area contributed by atoms with Crippen molar-refractivity contribution in [3.05, 3.63) is 53.8 Å². The molecule has 0 bridgehead atoms. The number of benzene rings is 2. The molecule has 2 aliphatic heterocycles. The minimum atomic E-state index is -0.256. The second-order valence-electron chi connectivity index (χ2n) is 8.38. The summed E-state index contributed by atoms with van der Waals surface area (Å²) in [7, 11) is 0. The number of rotatable bonds is 4. The van der Waals surface area contributed by atoms with Crippen LogP contribution in [-0.4, -0.2) is 35.1 Å². The van der Waals surface area contributed by atoms with Crippen LogP contribution in [0.25, 0.3) is 11.1 Å². The van der Waals surface area contributed by atoms with E-state index in [1.54, 1.807) is 6.07 Å². The van der Waals surface area contributed by atoms with E-state index in [1.807, 2.05) is 23.1 Å². The Morgan fingerprint density at radius 1 is 1.14 bits per heavy atom. The van der Waals surface area contributed by atoms with E-state index in [0.29, 0.717) is 12.3 Å². The second-order valence-corrected chi connectivity index (χ2v) is 8.38. The molecule has 2 fully saturated rings. The molecule has 5 heteroatoms. The summed E-state index contributed by atoms with van der Waals surface area (Å²) in [6.45, 7) is 0.791. The van der Waals surface area contributed by atoms with Gasteiger partial charge in [0.1, 0.15) is 5.82 Å². The van der Waals surface area contributed by atoms with Gasteiger partial charge in [-0.15, -0.1) is 0 Å². The lowest BCUT2D eigenvalue weighted by Crippen LogP contribution is -2.42. The van der Waals surface area contributed by atoms with Gasteiger partial charge in [-0.1, -0.05) is 18.2 Å². The van der Waals surface area contributed by atoms with Gasteiger partial charge in [0, 0.05) is 24.6 Å². The summed E-state index contributed by atoms with van der Waals surface area (Å²) in [5.41, 5.74) is 3.82. The second kappa shape index (κ2) is 6.89. The average molecular weight is 380 g/mol. The van der Waals surface area contributed by atoms with Gasteiger partial charge in [0.05, 0.1) is 18.7 Å². The monoisotopic (exact) mass is 380 g/mol. The Balaban J connectivity index is 1.54. The Bertz CT molecular complexity index is 911. The van der Waals surface area contributed by atoms with E-state index in [1.165, 1.54) is 12.1 Å². The van der Waals surface area contributed by atoms with Gasteiger partial charge in [-0.3, -0.25) is 4.79 Å². The Hall–Kier alpha value is -2.40. The largest absolute Gasteiger partial charge is 0.394 e. The van der Waals surface area contributed by atoms with E-state index in [0.717, 1.165) is 48.2 Å². The third-order valence-electron chi connectivity index (χ3n) is 6.51. The van der Waals surface area contributed by atoms with Crippen LogP contribution in [0.2, 0.25) is 0 Å². The number of halogens is 1. The Morgan fingerprint density at radius 3 is 2.71 bits per heavy atom. The van der Waals surface area contributed by atoms with Crippen LogP contribution in [0, 0.1) is 17.7 Å². The number of hydrogen-bond acceptors (Lipinski definition) is 3. The zero-order chi connectivity index (χ0) is 19.3. The molecule has 0 spiro atoms. The van der Waals surface area contributed by atoms with Gasteiger partial charge in [0.25, 0.3) is 0 Å². The summed E-state index contributed by atoms with van der Waals surface area (Å²) < 4.78 is 13.7. The standard InChI is InChI=1S/C23H25FN2O2/c24-17-3-1-2-15(11-17)16-6-7-20-19(12-16)23-18(21(13-27)25-20)8-9-26(23)22(28)10-14-4-5-14/h1-3,6-7,11-12,14,18,21,23,25,27H,4-5,8-10,13H2/t18-,21+,23-/m0/s1. The van der Waals surface area contributed by atoms with Crippen LogP contribution in [0.5, 0.6) is 0 Å². The van der Waals surface area contributed by atoms with Crippen molar-refractivity contribution in [1.29, 1.82) is 0 Å². The van der Waals surface area contributed by atoms with Crippen molar-refractivity contribution in [3.8, 4) is 11.1 Å². The fraction of sp³-hybridized carbons (Fsp3) is 0.435. The maximum atomic E-state index is 13.7. The van der Waals surface area contributed by atoms with Crippen LogP contribution in [-0.2, 0) is 4.79 Å². The van der Waals surface area contributed by atoms with Crippen LogP contribution < -0.4 is 5.32 Å². The predicted octanol–water partition coefficient (Wildman–Crippen LogP) is 3.97. The first kappa shape index (κ1) is 17.7. The lowest BCUT2D eigenvalue weighted by atomic mass is 9.82. The third-order valence-corrected chi connectivity index (χ3v) is 6.51. The van der Waals surface area contributed by atoms with Crippen LogP contribution in [0.15, 0.2) is 42.5 Å². The molecule has 2 N–H and O–H groups in total. The number of anilines is 1. The molecule has 1 amide bonds. The van der Waals surface area contributed by atoms with E-state index in [9.17, 15) is 14.3 Å². The number of aliphatic hydroxyl groups excluding tert-OH is 1. The van der Waals surface area contributed by atoms with Crippen molar-refractivity contribution < 1.29 is 14.3 Å². The minimum Gasteiger partial charge on any atom is -0.394 e. The lowest BCUT2D eigenvalue weighted by molar-refractivity contribution is -0.133. The van der Waals surface area contributed by atoms with Crippen LogP contribution in [0.3, 0.4) is 0 Å². The number of nitrogens with zero attached hydrogens (tertiary/aromatic N) is 1. The molecule has 28 heavy (non-hydrogen) atoms. The molecule has 0 unspecified atom stereocenters. The Kier molecular flexibility index (Phi) is 4.35. The molecule has 3 aliphatic rings. The van der Waals surface area contributed by atoms with Gasteiger partial charge >= 0.3 is 0 Å². The summed E-state index contributed by atoms with van der Waals surface area (Å²) in [6.07, 6.45) is 3.85. The maximum Gasteiger partial charge on any atom is 0.223 e. The lowest BCUT2D eigenvalue weighted by Gasteiger charge is -2.39. The van der Waals surface area contributed by atoms with E-state index in [4.69, 9.17) is 0 Å². The summed E-state index contributed by atoms with van der Waals surface area (Å²) in [4.78, 5) is 15.0. The molecular formula is C23H25FN2O2. The normalized spacial score (nSPS) is 25.8. The topological polar surface area (TPSA) is 52.6 Å². The van der Waals surface area contributed by atoms with Crippen molar-refractivity contribution in [3.63, 3.8) is 0 Å². The van der Waals surface area contributed by atoms with Crippen molar-refractivity contribution in [2.75, 3.05) is 18.5 Å². The number of hydrogen-bond donors (Lipinski definition) is 2. The molecule has 2 heterocycles. The van der Waals surface area contributed by atoms with Crippen molar-refractivity contribution in [1.82, 2.24) is 4.90 Å². The van der Waals surface area contributed by atoms with Gasteiger partial charge in [0.15, 0.2) is 0 Å². The molecule has 5 rings (SSSR count). The van der Waals surface area contributed by atoms with Crippen molar-refractivity contribution in [2.24, 2.45) is 11.8 Å². The molecule has 3 atom stereocenters. The summed E-state index contributed by atoms with van der Waals surface area (Å²) >= 11 is 0. The number of aliphatic hydroxyl groups is 1. The Morgan fingerprint density at radius 2 is 1.96 bits per heavy atom. The zero-order valence-electron chi connectivity index (χ0n) is 15.8. The molecular weight excluding hydrogens is 355 g/mol. The highest BCUT2D eigenvalue weighted by Crippen LogP contribution is 2.48. The van der Waals surface area contributed by atoms with E-state index >= 15 is 0 Å². The smallest absolute Gasteiger partial charge is 0.223 e. The summed E-state index contributed by atoms with van der Waals surface area (Å²) in [6, 6.07) is 12.6. The number of amides is 1. The highest BCUT2D eigenvalue weighted by Gasteiger charge is 2.46. The molecule has 0 radical (unpaired) electrons. The van der Waals surface area contributed by atoms with E-state index < -0.39 is 0 Å². The first-order chi connectivity index (χ1) is 13.6. The SMILES string of the molecule is O=C(CC1CC1)N1CC[C@@H]2[C@H]1c1cc(-c3cccc(F)c3)ccc1N[C@@H]2CO. The van der Waals surface area contributed by atoms with Crippen molar-refractivity contribution in [2.45, 2.75) is 37.8 Å². The number of likely N-dealkylation sites (tertiary alicyclic amines) is 1. The first-order valence-corrected chi connectivity index (χ1v) is 10.2. The molecule has 4 nitrogen and oxygen atoms in total. The molecule has 0 aromatic heterocycles. The average Bonchev–Trinajstić information content (AvgIpc) is 3.40. The van der Waals surface area contributed by atoms with Crippen LogP contribution in [0.4, 0.5) is 10.1 Å². The molecule has 146 valence electrons. The number of carbonyl (C=O) groups is 1. The molecule has 1 aliphatic carbocycles. The summed E-state index contributed by atoms with van der Waals surface area (Å²) in [5.74, 6) is 0.729. The number of carbonyl (C=O) groups excluding carboxylic acids is 1. The quantitative estimate of drug-likeness (QED) is 0.844. The first-order valence-electron chi connectivity index (χ1n) is 10.2. The minimum absolute atomic E-state index is 0.0202. The van der Waals surface area contributed by atoms with E-state index in [2.05, 4.69) is 11.4 Å². The fourth-order valence-corrected chi connectivity index (χ4v) is 4.88. The number of fused-ring (bicyclic) bond motifs is 3. The highest BCUT2D eigenvalue weighted by molar-refractivity contribution is 5.79. The van der Waals surface area contributed by atoms with Gasteiger partial charge in [0.2, 0.25) is 5.91 Å². The van der Waals surface area contributed by atoms with Crippen LogP contribution >= 0.6 is 0 Å². The molecule has 1 saturated heterocycles. The van der Waals surface area contributed by atoms with Gasteiger partial charge in [-0.05, 0) is 66.1 Å². The predicted molar refractivity (Wildman–Crippen MR) is 106 cm³/mol. The van der Waals surface area contributed by atoms with Gasteiger partial charge < -0.3 is 15.3 Å². The van der Waals surface area contributed by atoms with Gasteiger partial charge in [-0.2, -0.15) is 0 Å². The maximum absolute atomic E-state index is 13.7. The Labute approximate surface area is 164 Å². The van der Waals surface area contributed by atoms with E-state index in [-0.39, 0.29) is 36.3 Å². The number of nitrogens with one attached hydrogen (secondary N) is 1. The van der Waals surface area contributed by atoms with Gasteiger partial charge in [-0.25, -0.2) is 4.39 Å². The molecule has 1 saturated carbocycles.